The summed E-state index contributed by atoms with van der Waals surface area (Å²) < 4.78 is 51.7. The number of hydrogen-bond donors (Lipinski definition) is 2. The molecular weight excluding hydrogens is 521 g/mol. The molecule has 2 aromatic heterocycles. The Balaban J connectivity index is 1.29. The number of anilines is 1. The van der Waals surface area contributed by atoms with Crippen molar-refractivity contribution in [2.75, 3.05) is 5.32 Å². The molecule has 11 heteroatoms. The van der Waals surface area contributed by atoms with E-state index in [1.807, 2.05) is 6.07 Å². The Kier molecular flexibility index (Phi) is 5.57. The van der Waals surface area contributed by atoms with Gasteiger partial charge in [0.25, 0.3) is 0 Å². The second kappa shape index (κ2) is 8.62. The Morgan fingerprint density at radius 3 is 2.76 bits per heavy atom. The van der Waals surface area contributed by atoms with Gasteiger partial charge in [0.05, 0.1) is 22.3 Å². The zero-order valence-corrected chi connectivity index (χ0v) is 21.1. The molecule has 3 atom stereocenters. The van der Waals surface area contributed by atoms with Gasteiger partial charge in [-0.2, -0.15) is 13.2 Å². The fourth-order valence-corrected chi connectivity index (χ4v) is 5.22. The molecular formula is C27H22ClF3N4O3. The van der Waals surface area contributed by atoms with Crippen LogP contribution in [0.25, 0.3) is 11.6 Å². The van der Waals surface area contributed by atoms with Crippen LogP contribution in [0.5, 0.6) is 17.2 Å². The Morgan fingerprint density at radius 2 is 2.03 bits per heavy atom. The number of aromatic amines is 1. The van der Waals surface area contributed by atoms with E-state index in [-0.39, 0.29) is 29.5 Å². The molecule has 3 aromatic rings. The lowest BCUT2D eigenvalue weighted by atomic mass is 10.1. The van der Waals surface area contributed by atoms with E-state index >= 15 is 0 Å². The quantitative estimate of drug-likeness (QED) is 0.371. The van der Waals surface area contributed by atoms with E-state index < -0.39 is 11.7 Å². The highest BCUT2D eigenvalue weighted by Crippen LogP contribution is 2.64. The number of amides is 1. The number of benzene rings is 1. The van der Waals surface area contributed by atoms with Crippen molar-refractivity contribution in [1.82, 2.24) is 15.0 Å². The van der Waals surface area contributed by atoms with Crippen LogP contribution in [0.3, 0.4) is 0 Å². The number of nitrogens with zero attached hydrogens (tertiary/aromatic N) is 2. The smallest absolute Gasteiger partial charge is 0.412 e. The van der Waals surface area contributed by atoms with E-state index in [4.69, 9.17) is 21.1 Å². The molecule has 6 rings (SSSR count). The van der Waals surface area contributed by atoms with Crippen LogP contribution in [-0.4, -0.2) is 33.1 Å². The SMILES string of the molecule is C=C(C)c1nc(C2C3Oc4cc(Cl)c(Oc5ccnc6c5CCC(=O)N6)cc4C32)[nH]c1/C=C(\C)C(F)(F)F. The molecule has 1 aliphatic carbocycles. The molecule has 3 unspecified atom stereocenters. The number of nitrogens with one attached hydrogen (secondary N) is 2. The van der Waals surface area contributed by atoms with Crippen LogP contribution in [0.2, 0.25) is 5.02 Å². The minimum atomic E-state index is -4.44. The first-order valence-electron chi connectivity index (χ1n) is 12.0. The molecule has 3 aliphatic rings. The average molecular weight is 543 g/mol. The van der Waals surface area contributed by atoms with Crippen molar-refractivity contribution in [3.8, 4) is 17.2 Å². The fourth-order valence-electron chi connectivity index (χ4n) is 5.03. The number of allylic oxidation sites excluding steroid dienone is 2. The van der Waals surface area contributed by atoms with Crippen molar-refractivity contribution in [3.05, 3.63) is 69.9 Å². The monoisotopic (exact) mass is 542 g/mol. The van der Waals surface area contributed by atoms with Crippen molar-refractivity contribution in [2.24, 2.45) is 0 Å². The van der Waals surface area contributed by atoms with Crippen LogP contribution in [0.15, 0.2) is 36.5 Å². The molecule has 2 N–H and O–H groups in total. The number of carbonyl (C=O) groups excluding carboxylic acids is 1. The summed E-state index contributed by atoms with van der Waals surface area (Å²) in [4.78, 5) is 23.6. The van der Waals surface area contributed by atoms with Gasteiger partial charge in [-0.25, -0.2) is 9.97 Å². The number of H-pyrrole nitrogens is 1. The maximum absolute atomic E-state index is 13.1. The average Bonchev–Trinajstić information content (AvgIpc) is 3.19. The highest BCUT2D eigenvalue weighted by Gasteiger charge is 2.61. The highest BCUT2D eigenvalue weighted by atomic mass is 35.5. The van der Waals surface area contributed by atoms with Gasteiger partial charge in [0.1, 0.15) is 35.0 Å². The molecule has 2 aliphatic heterocycles. The Hall–Kier alpha value is -3.79. The van der Waals surface area contributed by atoms with Gasteiger partial charge in [0, 0.05) is 41.3 Å². The number of rotatable bonds is 5. The van der Waals surface area contributed by atoms with Gasteiger partial charge in [-0.1, -0.05) is 18.2 Å². The second-order valence-electron chi connectivity index (χ2n) is 9.73. The van der Waals surface area contributed by atoms with Gasteiger partial charge in [-0.3, -0.25) is 4.79 Å². The molecule has 196 valence electrons. The lowest BCUT2D eigenvalue weighted by Crippen LogP contribution is -2.20. The molecule has 1 fully saturated rings. The van der Waals surface area contributed by atoms with Crippen LogP contribution in [0.1, 0.15) is 60.4 Å². The first kappa shape index (κ1) is 24.5. The topological polar surface area (TPSA) is 89.1 Å². The molecule has 38 heavy (non-hydrogen) atoms. The second-order valence-corrected chi connectivity index (χ2v) is 10.1. The van der Waals surface area contributed by atoms with E-state index in [9.17, 15) is 18.0 Å². The van der Waals surface area contributed by atoms with Gasteiger partial charge in [-0.15, -0.1) is 0 Å². The predicted molar refractivity (Wildman–Crippen MR) is 136 cm³/mol. The molecule has 7 nitrogen and oxygen atoms in total. The van der Waals surface area contributed by atoms with Gasteiger partial charge in [0.15, 0.2) is 0 Å². The number of carbonyl (C=O) groups is 1. The minimum Gasteiger partial charge on any atom is -0.489 e. The number of hydrogen-bond acceptors (Lipinski definition) is 5. The molecule has 0 saturated heterocycles. The Bertz CT molecular complexity index is 1540. The minimum absolute atomic E-state index is 0.0556. The fraction of sp³-hybridized carbons (Fsp3) is 0.296. The number of imidazole rings is 1. The maximum Gasteiger partial charge on any atom is 0.412 e. The summed E-state index contributed by atoms with van der Waals surface area (Å²) in [6.07, 6.45) is -1.22. The molecule has 1 saturated carbocycles. The standard InChI is InChI=1S/C27H22ClF3N4O3/c1-11(2)23-16(8-12(3)27(29,30)31)33-26(35-23)22-21-14-9-19(15(28)10-18(14)38-24(21)22)37-17-6-7-32-25-13(17)4-5-20(36)34-25/h6-10,21-22,24H,1,4-5H2,2-3H3,(H,33,35)(H,32,34,36)/b12-8+. The largest absolute Gasteiger partial charge is 0.489 e. The van der Waals surface area contributed by atoms with Crippen molar-refractivity contribution in [1.29, 1.82) is 0 Å². The molecule has 0 bridgehead atoms. The van der Waals surface area contributed by atoms with Crippen molar-refractivity contribution in [3.63, 3.8) is 0 Å². The van der Waals surface area contributed by atoms with Crippen molar-refractivity contribution < 1.29 is 27.4 Å². The summed E-state index contributed by atoms with van der Waals surface area (Å²) in [6, 6.07) is 5.25. The molecule has 1 aromatic carbocycles. The summed E-state index contributed by atoms with van der Waals surface area (Å²) in [6.45, 7) is 6.59. The first-order chi connectivity index (χ1) is 18.0. The Morgan fingerprint density at radius 1 is 1.24 bits per heavy atom. The number of pyridine rings is 1. The van der Waals surface area contributed by atoms with Gasteiger partial charge < -0.3 is 19.8 Å². The van der Waals surface area contributed by atoms with Gasteiger partial charge in [-0.05, 0) is 44.1 Å². The summed E-state index contributed by atoms with van der Waals surface area (Å²) in [5.74, 6) is 2.31. The lowest BCUT2D eigenvalue weighted by molar-refractivity contribution is -0.116. The number of ether oxygens (including phenoxy) is 2. The van der Waals surface area contributed by atoms with E-state index in [0.29, 0.717) is 58.0 Å². The maximum atomic E-state index is 13.1. The molecule has 0 radical (unpaired) electrons. The normalized spacial score (nSPS) is 21.7. The van der Waals surface area contributed by atoms with E-state index in [1.54, 1.807) is 25.3 Å². The molecule has 1 amide bonds. The third-order valence-electron chi connectivity index (χ3n) is 7.01. The Labute approximate surface area is 220 Å². The lowest BCUT2D eigenvalue weighted by Gasteiger charge is -2.19. The van der Waals surface area contributed by atoms with Crippen molar-refractivity contribution in [2.45, 2.75) is 50.8 Å². The van der Waals surface area contributed by atoms with Crippen molar-refractivity contribution >= 4 is 35.0 Å². The van der Waals surface area contributed by atoms with Gasteiger partial charge in [0.2, 0.25) is 5.91 Å². The van der Waals surface area contributed by atoms with Gasteiger partial charge >= 0.3 is 6.18 Å². The summed E-state index contributed by atoms with van der Waals surface area (Å²) in [5, 5.41) is 3.11. The van der Waals surface area contributed by atoms with Crippen LogP contribution in [0.4, 0.5) is 19.0 Å². The zero-order chi connectivity index (χ0) is 26.9. The van der Waals surface area contributed by atoms with Crippen LogP contribution in [0, 0.1) is 0 Å². The number of fused-ring (bicyclic) bond motifs is 4. The zero-order valence-electron chi connectivity index (χ0n) is 20.4. The third kappa shape index (κ3) is 4.13. The van der Waals surface area contributed by atoms with E-state index in [1.165, 1.54) is 0 Å². The number of halogens is 4. The van der Waals surface area contributed by atoms with Crippen LogP contribution >= 0.6 is 11.6 Å². The summed E-state index contributed by atoms with van der Waals surface area (Å²) in [7, 11) is 0. The summed E-state index contributed by atoms with van der Waals surface area (Å²) >= 11 is 6.51. The van der Waals surface area contributed by atoms with Crippen LogP contribution < -0.4 is 14.8 Å². The van der Waals surface area contributed by atoms with Crippen LogP contribution in [-0.2, 0) is 11.2 Å². The van der Waals surface area contributed by atoms with E-state index in [0.717, 1.165) is 24.1 Å². The molecule has 4 heterocycles. The van der Waals surface area contributed by atoms with E-state index in [2.05, 4.69) is 26.8 Å². The molecule has 0 spiro atoms. The summed E-state index contributed by atoms with van der Waals surface area (Å²) in [5.41, 5.74) is 2.15. The number of alkyl halides is 3. The number of aromatic nitrogens is 3. The first-order valence-corrected chi connectivity index (χ1v) is 12.4. The highest BCUT2D eigenvalue weighted by molar-refractivity contribution is 6.32. The predicted octanol–water partition coefficient (Wildman–Crippen LogP) is 6.78. The third-order valence-corrected chi connectivity index (χ3v) is 7.31.